The topological polar surface area (TPSA) is 53.7 Å². The minimum Gasteiger partial charge on any atom is -0.382 e. The van der Waals surface area contributed by atoms with Gasteiger partial charge in [-0.1, -0.05) is 0 Å². The molecule has 0 saturated heterocycles. The van der Waals surface area contributed by atoms with Crippen LogP contribution in [0.1, 0.15) is 22.3 Å². The third-order valence-corrected chi connectivity index (χ3v) is 3.57. The number of hydrogen-bond donors (Lipinski definition) is 1. The Morgan fingerprint density at radius 1 is 1.22 bits per heavy atom. The molecule has 1 atom stereocenters. The standard InChI is InChI=1S/C13H23NO3S/c1-11-4-5-13(18-11)12(10-14)17-7-3-6-16-9-8-15-2/h4-5,12H,3,6-10,14H2,1-2H3. The predicted molar refractivity (Wildman–Crippen MR) is 74.1 cm³/mol. The Labute approximate surface area is 113 Å². The van der Waals surface area contributed by atoms with Crippen molar-refractivity contribution >= 4 is 11.3 Å². The van der Waals surface area contributed by atoms with E-state index in [0.29, 0.717) is 33.0 Å². The molecule has 1 heterocycles. The van der Waals surface area contributed by atoms with Gasteiger partial charge in [-0.05, 0) is 25.5 Å². The second-order valence-corrected chi connectivity index (χ2v) is 5.32. The van der Waals surface area contributed by atoms with Crippen molar-refractivity contribution in [1.29, 1.82) is 0 Å². The second-order valence-electron chi connectivity index (χ2n) is 4.00. The Morgan fingerprint density at radius 3 is 2.67 bits per heavy atom. The summed E-state index contributed by atoms with van der Waals surface area (Å²) in [5.41, 5.74) is 5.73. The molecule has 1 rings (SSSR count). The lowest BCUT2D eigenvalue weighted by Gasteiger charge is -2.14. The van der Waals surface area contributed by atoms with Gasteiger partial charge in [-0.15, -0.1) is 11.3 Å². The summed E-state index contributed by atoms with van der Waals surface area (Å²) < 4.78 is 16.0. The van der Waals surface area contributed by atoms with Crippen LogP contribution >= 0.6 is 11.3 Å². The van der Waals surface area contributed by atoms with Gasteiger partial charge in [-0.2, -0.15) is 0 Å². The summed E-state index contributed by atoms with van der Waals surface area (Å²) in [7, 11) is 1.67. The van der Waals surface area contributed by atoms with Gasteiger partial charge in [0.1, 0.15) is 6.10 Å². The van der Waals surface area contributed by atoms with Crippen molar-refractivity contribution in [2.75, 3.05) is 40.1 Å². The van der Waals surface area contributed by atoms with Gasteiger partial charge in [0.05, 0.1) is 13.2 Å². The zero-order chi connectivity index (χ0) is 13.2. The number of rotatable bonds is 10. The molecule has 1 unspecified atom stereocenters. The van der Waals surface area contributed by atoms with Crippen LogP contribution in [0.3, 0.4) is 0 Å². The monoisotopic (exact) mass is 273 g/mol. The quantitative estimate of drug-likeness (QED) is 0.664. The zero-order valence-electron chi connectivity index (χ0n) is 11.2. The first-order valence-corrected chi connectivity index (χ1v) is 7.04. The molecule has 104 valence electrons. The molecule has 0 saturated carbocycles. The molecule has 0 bridgehead atoms. The van der Waals surface area contributed by atoms with Gasteiger partial charge in [0.15, 0.2) is 0 Å². The van der Waals surface area contributed by atoms with Crippen LogP contribution in [0.2, 0.25) is 0 Å². The van der Waals surface area contributed by atoms with Crippen LogP contribution in [0.25, 0.3) is 0 Å². The van der Waals surface area contributed by atoms with Crippen LogP contribution in [0.15, 0.2) is 12.1 Å². The maximum atomic E-state index is 5.77. The van der Waals surface area contributed by atoms with Gasteiger partial charge in [-0.25, -0.2) is 0 Å². The fourth-order valence-electron chi connectivity index (χ4n) is 1.52. The SMILES string of the molecule is COCCOCCCOC(CN)c1ccc(C)s1. The van der Waals surface area contributed by atoms with Gasteiger partial charge >= 0.3 is 0 Å². The fourth-order valence-corrected chi connectivity index (χ4v) is 2.46. The highest BCUT2D eigenvalue weighted by Gasteiger charge is 2.11. The molecule has 0 fully saturated rings. The smallest absolute Gasteiger partial charge is 0.104 e. The van der Waals surface area contributed by atoms with E-state index in [0.717, 1.165) is 6.42 Å². The molecule has 5 heteroatoms. The van der Waals surface area contributed by atoms with Crippen molar-refractivity contribution in [2.24, 2.45) is 5.73 Å². The molecular weight excluding hydrogens is 250 g/mol. The Balaban J connectivity index is 2.13. The van der Waals surface area contributed by atoms with Crippen LogP contribution in [-0.2, 0) is 14.2 Å². The third kappa shape index (κ3) is 5.93. The summed E-state index contributed by atoms with van der Waals surface area (Å²) in [5.74, 6) is 0. The lowest BCUT2D eigenvalue weighted by atomic mass is 10.3. The summed E-state index contributed by atoms with van der Waals surface area (Å²) >= 11 is 1.74. The normalized spacial score (nSPS) is 12.8. The molecule has 0 spiro atoms. The third-order valence-electron chi connectivity index (χ3n) is 2.48. The lowest BCUT2D eigenvalue weighted by Crippen LogP contribution is -2.16. The van der Waals surface area contributed by atoms with Crippen LogP contribution < -0.4 is 5.73 Å². The van der Waals surface area contributed by atoms with Crippen molar-refractivity contribution in [3.8, 4) is 0 Å². The molecular formula is C13H23NO3S. The zero-order valence-corrected chi connectivity index (χ0v) is 12.0. The van der Waals surface area contributed by atoms with Gasteiger partial charge < -0.3 is 19.9 Å². The predicted octanol–water partition coefficient (Wildman–Crippen LogP) is 2.13. The second kappa shape index (κ2) is 9.47. The van der Waals surface area contributed by atoms with E-state index in [2.05, 4.69) is 19.1 Å². The van der Waals surface area contributed by atoms with Crippen LogP contribution in [0, 0.1) is 6.92 Å². The van der Waals surface area contributed by atoms with E-state index in [-0.39, 0.29) is 6.10 Å². The van der Waals surface area contributed by atoms with E-state index in [1.165, 1.54) is 9.75 Å². The Morgan fingerprint density at radius 2 is 2.06 bits per heavy atom. The van der Waals surface area contributed by atoms with Gasteiger partial charge in [0.2, 0.25) is 0 Å². The Bertz CT molecular complexity index is 317. The number of aryl methyl sites for hydroxylation is 1. The van der Waals surface area contributed by atoms with E-state index in [1.54, 1.807) is 18.4 Å². The highest BCUT2D eigenvalue weighted by atomic mass is 32.1. The minimum absolute atomic E-state index is 0.0164. The maximum Gasteiger partial charge on any atom is 0.104 e. The van der Waals surface area contributed by atoms with Crippen molar-refractivity contribution < 1.29 is 14.2 Å². The molecule has 1 aromatic rings. The van der Waals surface area contributed by atoms with Crippen LogP contribution in [-0.4, -0.2) is 40.1 Å². The Hall–Kier alpha value is -0.460. The molecule has 4 nitrogen and oxygen atoms in total. The highest BCUT2D eigenvalue weighted by Crippen LogP contribution is 2.24. The summed E-state index contributed by atoms with van der Waals surface area (Å²) in [5, 5.41) is 0. The largest absolute Gasteiger partial charge is 0.382 e. The van der Waals surface area contributed by atoms with Gasteiger partial charge in [-0.3, -0.25) is 0 Å². The van der Waals surface area contributed by atoms with E-state index in [4.69, 9.17) is 19.9 Å². The summed E-state index contributed by atoms with van der Waals surface area (Å²) in [6, 6.07) is 4.19. The first-order chi connectivity index (χ1) is 8.77. The first kappa shape index (κ1) is 15.6. The molecule has 0 aliphatic rings. The molecule has 0 aromatic carbocycles. The molecule has 0 aliphatic carbocycles. The number of nitrogens with two attached hydrogens (primary N) is 1. The highest BCUT2D eigenvalue weighted by molar-refractivity contribution is 7.12. The average molecular weight is 273 g/mol. The number of hydrogen-bond acceptors (Lipinski definition) is 5. The fraction of sp³-hybridized carbons (Fsp3) is 0.692. The number of methoxy groups -OCH3 is 1. The molecule has 18 heavy (non-hydrogen) atoms. The number of ether oxygens (including phenoxy) is 3. The maximum absolute atomic E-state index is 5.77. The average Bonchev–Trinajstić information content (AvgIpc) is 2.79. The van der Waals surface area contributed by atoms with Crippen LogP contribution in [0.4, 0.5) is 0 Å². The van der Waals surface area contributed by atoms with E-state index in [9.17, 15) is 0 Å². The van der Waals surface area contributed by atoms with E-state index in [1.807, 2.05) is 0 Å². The van der Waals surface area contributed by atoms with Crippen molar-refractivity contribution in [2.45, 2.75) is 19.4 Å². The molecule has 0 radical (unpaired) electrons. The summed E-state index contributed by atoms with van der Waals surface area (Å²) in [4.78, 5) is 2.49. The summed E-state index contributed by atoms with van der Waals surface area (Å²) in [6.07, 6.45) is 0.896. The van der Waals surface area contributed by atoms with Crippen molar-refractivity contribution in [1.82, 2.24) is 0 Å². The first-order valence-electron chi connectivity index (χ1n) is 6.22. The van der Waals surface area contributed by atoms with E-state index < -0.39 is 0 Å². The summed E-state index contributed by atoms with van der Waals surface area (Å²) in [6.45, 7) is 5.26. The molecule has 1 aromatic heterocycles. The molecule has 0 amide bonds. The van der Waals surface area contributed by atoms with Crippen molar-refractivity contribution in [3.05, 3.63) is 21.9 Å². The molecule has 2 N–H and O–H groups in total. The number of thiophene rings is 1. The Kier molecular flexibility index (Phi) is 8.20. The van der Waals surface area contributed by atoms with Gasteiger partial charge in [0.25, 0.3) is 0 Å². The lowest BCUT2D eigenvalue weighted by molar-refractivity contribution is 0.0274. The minimum atomic E-state index is 0.0164. The van der Waals surface area contributed by atoms with Gasteiger partial charge in [0, 0.05) is 36.6 Å². The van der Waals surface area contributed by atoms with Crippen molar-refractivity contribution in [3.63, 3.8) is 0 Å². The van der Waals surface area contributed by atoms with Crippen LogP contribution in [0.5, 0.6) is 0 Å². The van der Waals surface area contributed by atoms with E-state index >= 15 is 0 Å². The molecule has 0 aliphatic heterocycles.